The molecule has 0 saturated heterocycles. The predicted molar refractivity (Wildman–Crippen MR) is 80.7 cm³/mol. The van der Waals surface area contributed by atoms with Crippen molar-refractivity contribution < 1.29 is 0 Å². The average molecular weight is 297 g/mol. The minimum atomic E-state index is 0.551. The lowest BCUT2D eigenvalue weighted by molar-refractivity contribution is 0.945. The Kier molecular flexibility index (Phi) is 4.45. The molecule has 1 heterocycles. The van der Waals surface area contributed by atoms with Crippen LogP contribution in [0, 0.1) is 0 Å². The molecular weight excluding hydrogens is 283 g/mol. The lowest BCUT2D eigenvalue weighted by Gasteiger charge is -2.10. The van der Waals surface area contributed by atoms with Crippen LogP contribution in [0.15, 0.2) is 24.3 Å². The molecule has 0 radical (unpaired) electrons. The van der Waals surface area contributed by atoms with Gasteiger partial charge >= 0.3 is 0 Å². The summed E-state index contributed by atoms with van der Waals surface area (Å²) in [5, 5.41) is 7.32. The van der Waals surface area contributed by atoms with Gasteiger partial charge in [0.2, 0.25) is 0 Å². The topological polar surface area (TPSA) is 49.8 Å². The first-order valence-electron chi connectivity index (χ1n) is 5.90. The van der Waals surface area contributed by atoms with Gasteiger partial charge in [-0.15, -0.1) is 0 Å². The summed E-state index contributed by atoms with van der Waals surface area (Å²) in [6.07, 6.45) is 0.762. The van der Waals surface area contributed by atoms with Gasteiger partial charge < -0.3 is 10.6 Å². The summed E-state index contributed by atoms with van der Waals surface area (Å²) in [5.74, 6) is 2.22. The van der Waals surface area contributed by atoms with Gasteiger partial charge in [-0.25, -0.2) is 9.97 Å². The summed E-state index contributed by atoms with van der Waals surface area (Å²) in [6.45, 7) is 2.01. The number of nitrogens with one attached hydrogen (secondary N) is 2. The number of halogens is 2. The normalized spacial score (nSPS) is 10.3. The van der Waals surface area contributed by atoms with Crippen LogP contribution in [0.2, 0.25) is 10.0 Å². The van der Waals surface area contributed by atoms with E-state index in [1.54, 1.807) is 12.1 Å². The molecule has 0 aliphatic carbocycles. The quantitative estimate of drug-likeness (QED) is 0.891. The molecule has 0 bridgehead atoms. The Morgan fingerprint density at radius 2 is 1.84 bits per heavy atom. The second kappa shape index (κ2) is 6.08. The van der Waals surface area contributed by atoms with Crippen LogP contribution in [0.1, 0.15) is 12.7 Å². The van der Waals surface area contributed by atoms with Gasteiger partial charge in [-0.05, 0) is 18.2 Å². The molecule has 6 heteroatoms. The van der Waals surface area contributed by atoms with Crippen molar-refractivity contribution >= 4 is 40.5 Å². The number of anilines is 3. The fourth-order valence-corrected chi connectivity index (χ4v) is 2.03. The molecule has 2 N–H and O–H groups in total. The molecule has 0 spiro atoms. The van der Waals surface area contributed by atoms with Gasteiger partial charge in [0.25, 0.3) is 0 Å². The van der Waals surface area contributed by atoms with Gasteiger partial charge in [-0.2, -0.15) is 0 Å². The Hall–Kier alpha value is -1.52. The molecule has 0 atom stereocenters. The van der Waals surface area contributed by atoms with Gasteiger partial charge in [0, 0.05) is 24.6 Å². The molecule has 4 nitrogen and oxygen atoms in total. The average Bonchev–Trinajstić information content (AvgIpc) is 2.41. The van der Waals surface area contributed by atoms with E-state index in [1.807, 2.05) is 26.1 Å². The first-order chi connectivity index (χ1) is 9.12. The van der Waals surface area contributed by atoms with E-state index in [2.05, 4.69) is 20.6 Å². The van der Waals surface area contributed by atoms with E-state index in [0.29, 0.717) is 15.9 Å². The summed E-state index contributed by atoms with van der Waals surface area (Å²) in [4.78, 5) is 8.74. The highest BCUT2D eigenvalue weighted by atomic mass is 35.5. The predicted octanol–water partition coefficient (Wildman–Crippen LogP) is 4.13. The number of aryl methyl sites for hydroxylation is 1. The van der Waals surface area contributed by atoms with Crippen molar-refractivity contribution in [1.29, 1.82) is 0 Å². The Morgan fingerprint density at radius 3 is 2.47 bits per heavy atom. The number of rotatable bonds is 4. The van der Waals surface area contributed by atoms with E-state index in [9.17, 15) is 0 Å². The molecule has 0 amide bonds. The second-order valence-electron chi connectivity index (χ2n) is 3.91. The minimum Gasteiger partial charge on any atom is -0.373 e. The van der Waals surface area contributed by atoms with Crippen molar-refractivity contribution in [3.05, 3.63) is 40.1 Å². The van der Waals surface area contributed by atoms with Crippen LogP contribution in [0.25, 0.3) is 0 Å². The summed E-state index contributed by atoms with van der Waals surface area (Å²) in [7, 11) is 1.82. The van der Waals surface area contributed by atoms with Crippen LogP contribution in [0.5, 0.6) is 0 Å². The van der Waals surface area contributed by atoms with Gasteiger partial charge in [-0.3, -0.25) is 0 Å². The molecule has 0 aliphatic heterocycles. The molecule has 1 aromatic carbocycles. The van der Waals surface area contributed by atoms with Crippen molar-refractivity contribution in [1.82, 2.24) is 9.97 Å². The minimum absolute atomic E-state index is 0.551. The number of nitrogens with zero attached hydrogens (tertiary/aromatic N) is 2. The van der Waals surface area contributed by atoms with Crippen LogP contribution in [-0.2, 0) is 6.42 Å². The van der Waals surface area contributed by atoms with Gasteiger partial charge in [0.1, 0.15) is 17.5 Å². The Balaban J connectivity index is 2.31. The highest BCUT2D eigenvalue weighted by Crippen LogP contribution is 2.28. The molecule has 0 fully saturated rings. The number of hydrogen-bond acceptors (Lipinski definition) is 4. The SMILES string of the molecule is CCc1nc(NC)cc(Nc2ccc(Cl)cc2Cl)n1. The van der Waals surface area contributed by atoms with Crippen molar-refractivity contribution in [2.75, 3.05) is 17.7 Å². The van der Waals surface area contributed by atoms with E-state index < -0.39 is 0 Å². The van der Waals surface area contributed by atoms with Crippen molar-refractivity contribution in [2.24, 2.45) is 0 Å². The second-order valence-corrected chi connectivity index (χ2v) is 4.75. The molecule has 19 heavy (non-hydrogen) atoms. The number of hydrogen-bond donors (Lipinski definition) is 2. The maximum Gasteiger partial charge on any atom is 0.136 e. The van der Waals surface area contributed by atoms with Crippen molar-refractivity contribution in [2.45, 2.75) is 13.3 Å². The lowest BCUT2D eigenvalue weighted by Crippen LogP contribution is -2.03. The summed E-state index contributed by atoms with van der Waals surface area (Å²) >= 11 is 12.0. The van der Waals surface area contributed by atoms with E-state index >= 15 is 0 Å². The van der Waals surface area contributed by atoms with Gasteiger partial charge in [-0.1, -0.05) is 30.1 Å². The largest absolute Gasteiger partial charge is 0.373 e. The first-order valence-corrected chi connectivity index (χ1v) is 6.65. The molecule has 2 aromatic rings. The Bertz CT molecular complexity index is 565. The zero-order valence-corrected chi connectivity index (χ0v) is 12.2. The highest BCUT2D eigenvalue weighted by Gasteiger charge is 2.06. The zero-order chi connectivity index (χ0) is 13.8. The van der Waals surface area contributed by atoms with E-state index in [0.717, 1.165) is 23.8 Å². The highest BCUT2D eigenvalue weighted by molar-refractivity contribution is 6.36. The van der Waals surface area contributed by atoms with Crippen LogP contribution < -0.4 is 10.6 Å². The lowest BCUT2D eigenvalue weighted by atomic mass is 10.3. The van der Waals surface area contributed by atoms with Crippen LogP contribution in [0.3, 0.4) is 0 Å². The van der Waals surface area contributed by atoms with Gasteiger partial charge in [0.05, 0.1) is 10.7 Å². The molecular formula is C13H14Cl2N4. The fourth-order valence-electron chi connectivity index (χ4n) is 1.58. The Labute approximate surface area is 122 Å². The van der Waals surface area contributed by atoms with E-state index in [1.165, 1.54) is 0 Å². The maximum atomic E-state index is 6.12. The molecule has 0 aliphatic rings. The smallest absolute Gasteiger partial charge is 0.136 e. The van der Waals surface area contributed by atoms with Crippen LogP contribution in [-0.4, -0.2) is 17.0 Å². The van der Waals surface area contributed by atoms with Crippen molar-refractivity contribution in [3.8, 4) is 0 Å². The van der Waals surface area contributed by atoms with Crippen molar-refractivity contribution in [3.63, 3.8) is 0 Å². The van der Waals surface area contributed by atoms with Crippen LogP contribution >= 0.6 is 23.2 Å². The van der Waals surface area contributed by atoms with E-state index in [4.69, 9.17) is 23.2 Å². The van der Waals surface area contributed by atoms with Gasteiger partial charge in [0.15, 0.2) is 0 Å². The third-order valence-corrected chi connectivity index (χ3v) is 3.09. The summed E-state index contributed by atoms with van der Waals surface area (Å²) < 4.78 is 0. The third kappa shape index (κ3) is 3.49. The number of aromatic nitrogens is 2. The van der Waals surface area contributed by atoms with Crippen LogP contribution in [0.4, 0.5) is 17.3 Å². The zero-order valence-electron chi connectivity index (χ0n) is 10.7. The number of benzene rings is 1. The molecule has 100 valence electrons. The first kappa shape index (κ1) is 13.9. The van der Waals surface area contributed by atoms with E-state index in [-0.39, 0.29) is 0 Å². The molecule has 2 rings (SSSR count). The fraction of sp³-hybridized carbons (Fsp3) is 0.231. The molecule has 0 unspecified atom stereocenters. The summed E-state index contributed by atoms with van der Waals surface area (Å²) in [5.41, 5.74) is 0.758. The molecule has 1 aromatic heterocycles. The Morgan fingerprint density at radius 1 is 1.11 bits per heavy atom. The third-order valence-electron chi connectivity index (χ3n) is 2.54. The molecule has 0 saturated carbocycles. The standard InChI is InChI=1S/C13H14Cl2N4/c1-3-11-18-12(16-2)7-13(19-11)17-10-5-4-8(14)6-9(10)15/h4-7H,3H2,1-2H3,(H2,16,17,18,19). The monoisotopic (exact) mass is 296 g/mol. The maximum absolute atomic E-state index is 6.12. The summed E-state index contributed by atoms with van der Waals surface area (Å²) in [6, 6.07) is 7.10.